The van der Waals surface area contributed by atoms with Crippen molar-refractivity contribution < 1.29 is 9.36 Å². The molecule has 20 heavy (non-hydrogen) atoms. The van der Waals surface area contributed by atoms with Crippen LogP contribution in [0.1, 0.15) is 27.0 Å². The second-order valence-corrected chi connectivity index (χ2v) is 6.81. The minimum absolute atomic E-state index is 0.179. The topological polar surface area (TPSA) is 34.1 Å². The number of carbonyl (C=O) groups is 1. The Hall–Kier alpha value is -1.66. The molecular formula is C17H19O2P. The number of carbonyl (C=O) groups excluding carboxylic acids is 1. The largest absolute Gasteiger partial charge is 0.318 e. The molecule has 0 radical (unpaired) electrons. The Morgan fingerprint density at radius 2 is 1.55 bits per heavy atom. The van der Waals surface area contributed by atoms with E-state index < -0.39 is 7.80 Å². The zero-order chi connectivity index (χ0) is 14.5. The van der Waals surface area contributed by atoms with Gasteiger partial charge in [0.05, 0.1) is 0 Å². The monoisotopic (exact) mass is 286 g/mol. The van der Waals surface area contributed by atoms with Crippen molar-refractivity contribution >= 4 is 13.3 Å². The molecule has 0 spiro atoms. The Bertz CT molecular complexity index is 612. The van der Waals surface area contributed by atoms with Crippen molar-refractivity contribution in [1.29, 1.82) is 0 Å². The van der Waals surface area contributed by atoms with E-state index in [4.69, 9.17) is 0 Å². The molecule has 3 heteroatoms. The first kappa shape index (κ1) is 14.7. The van der Waals surface area contributed by atoms with Crippen LogP contribution in [-0.4, -0.2) is 11.7 Å². The molecule has 1 unspecified atom stereocenters. The first-order valence-electron chi connectivity index (χ1n) is 6.77. The molecule has 0 fully saturated rings. The van der Waals surface area contributed by atoms with Gasteiger partial charge in [0.2, 0.25) is 5.52 Å². The molecule has 0 aliphatic carbocycles. The summed E-state index contributed by atoms with van der Waals surface area (Å²) in [6.07, 6.45) is 1.14. The maximum absolute atomic E-state index is 12.3. The van der Waals surface area contributed by atoms with Gasteiger partial charge in [0, 0.05) is 11.7 Å². The molecule has 2 nitrogen and oxygen atoms in total. The van der Waals surface area contributed by atoms with Gasteiger partial charge in [0.1, 0.15) is 7.80 Å². The van der Waals surface area contributed by atoms with Gasteiger partial charge in [-0.05, 0) is 37.0 Å². The number of hydrogen-bond acceptors (Lipinski definition) is 2. The molecule has 0 aliphatic heterocycles. The molecule has 0 amide bonds. The average Bonchev–Trinajstić information content (AvgIpc) is 2.45. The Morgan fingerprint density at radius 3 is 2.15 bits per heavy atom. The van der Waals surface area contributed by atoms with Crippen molar-refractivity contribution in [2.45, 2.75) is 20.3 Å². The standard InChI is InChI=1S/C17H19O2P/c1-13-7-6-8-14(2)16(13)17(18)20(19)12-11-15-9-4-3-5-10-15/h3-10,20H,11-12H2,1-2H3. The van der Waals surface area contributed by atoms with E-state index in [2.05, 4.69) is 0 Å². The van der Waals surface area contributed by atoms with Gasteiger partial charge in [0.15, 0.2) is 0 Å². The molecule has 104 valence electrons. The first-order valence-corrected chi connectivity index (χ1v) is 8.39. The lowest BCUT2D eigenvalue weighted by Crippen LogP contribution is -2.02. The molecular weight excluding hydrogens is 267 g/mol. The number of hydrogen-bond donors (Lipinski definition) is 0. The summed E-state index contributed by atoms with van der Waals surface area (Å²) in [5.41, 5.74) is 3.41. The zero-order valence-electron chi connectivity index (χ0n) is 11.8. The number of aryl methyl sites for hydroxylation is 3. The molecule has 2 aromatic carbocycles. The van der Waals surface area contributed by atoms with Crippen molar-refractivity contribution in [3.05, 3.63) is 70.8 Å². The highest BCUT2D eigenvalue weighted by molar-refractivity contribution is 7.64. The van der Waals surface area contributed by atoms with Crippen molar-refractivity contribution in [1.82, 2.24) is 0 Å². The van der Waals surface area contributed by atoms with E-state index in [0.29, 0.717) is 18.1 Å². The van der Waals surface area contributed by atoms with Crippen molar-refractivity contribution in [3.63, 3.8) is 0 Å². The average molecular weight is 286 g/mol. The highest BCUT2D eigenvalue weighted by atomic mass is 31.1. The summed E-state index contributed by atoms with van der Waals surface area (Å²) in [6.45, 7) is 3.79. The SMILES string of the molecule is Cc1cccc(C)c1C(=O)[PH](=O)CCc1ccccc1. The molecule has 0 saturated carbocycles. The van der Waals surface area contributed by atoms with Gasteiger partial charge in [-0.3, -0.25) is 4.79 Å². The minimum atomic E-state index is -2.25. The van der Waals surface area contributed by atoms with Crippen LogP contribution >= 0.6 is 7.80 Å². The van der Waals surface area contributed by atoms with Crippen molar-refractivity contribution in [2.75, 3.05) is 6.16 Å². The lowest BCUT2D eigenvalue weighted by atomic mass is 10.0. The van der Waals surface area contributed by atoms with Gasteiger partial charge in [-0.2, -0.15) is 0 Å². The van der Waals surface area contributed by atoms with Gasteiger partial charge in [-0.1, -0.05) is 48.5 Å². The van der Waals surface area contributed by atoms with Crippen LogP contribution in [0.4, 0.5) is 0 Å². The second-order valence-electron chi connectivity index (χ2n) is 5.00. The zero-order valence-corrected chi connectivity index (χ0v) is 12.8. The lowest BCUT2D eigenvalue weighted by molar-refractivity contribution is 0.107. The predicted molar refractivity (Wildman–Crippen MR) is 84.3 cm³/mol. The van der Waals surface area contributed by atoms with E-state index in [1.807, 2.05) is 62.4 Å². The normalized spacial score (nSPS) is 12.1. The van der Waals surface area contributed by atoms with Crippen LogP contribution in [0.2, 0.25) is 0 Å². The molecule has 2 rings (SSSR count). The Labute approximate surface area is 120 Å². The maximum atomic E-state index is 12.3. The summed E-state index contributed by atoms with van der Waals surface area (Å²) in [5.74, 6) is 0. The van der Waals surface area contributed by atoms with Gasteiger partial charge in [-0.25, -0.2) is 0 Å². The van der Waals surface area contributed by atoms with Crippen LogP contribution in [0.5, 0.6) is 0 Å². The van der Waals surface area contributed by atoms with Crippen LogP contribution in [0.3, 0.4) is 0 Å². The Balaban J connectivity index is 2.08. The van der Waals surface area contributed by atoms with Crippen molar-refractivity contribution in [3.8, 4) is 0 Å². The van der Waals surface area contributed by atoms with Gasteiger partial charge in [0.25, 0.3) is 0 Å². The molecule has 1 atom stereocenters. The number of rotatable bonds is 5. The smallest absolute Gasteiger partial charge is 0.219 e. The van der Waals surface area contributed by atoms with Crippen LogP contribution in [0.25, 0.3) is 0 Å². The summed E-state index contributed by atoms with van der Waals surface area (Å²) in [4.78, 5) is 12.3. The maximum Gasteiger partial charge on any atom is 0.219 e. The highest BCUT2D eigenvalue weighted by Crippen LogP contribution is 2.30. The first-order chi connectivity index (χ1) is 9.59. The molecule has 0 N–H and O–H groups in total. The van der Waals surface area contributed by atoms with E-state index >= 15 is 0 Å². The van der Waals surface area contributed by atoms with Crippen molar-refractivity contribution in [2.24, 2.45) is 0 Å². The molecule has 0 aliphatic rings. The molecule has 0 bridgehead atoms. The third kappa shape index (κ3) is 3.46. The second kappa shape index (κ2) is 6.67. The molecule has 2 aromatic rings. The van der Waals surface area contributed by atoms with E-state index in [1.165, 1.54) is 0 Å². The lowest BCUT2D eigenvalue weighted by Gasteiger charge is -2.08. The van der Waals surface area contributed by atoms with E-state index in [0.717, 1.165) is 16.7 Å². The van der Waals surface area contributed by atoms with Crippen LogP contribution in [0.15, 0.2) is 48.5 Å². The van der Waals surface area contributed by atoms with Gasteiger partial charge < -0.3 is 4.57 Å². The van der Waals surface area contributed by atoms with Crippen LogP contribution < -0.4 is 0 Å². The molecule has 0 aromatic heterocycles. The van der Waals surface area contributed by atoms with Gasteiger partial charge in [-0.15, -0.1) is 0 Å². The quantitative estimate of drug-likeness (QED) is 0.770. The van der Waals surface area contributed by atoms with E-state index in [1.54, 1.807) is 0 Å². The predicted octanol–water partition coefficient (Wildman–Crippen LogP) is 4.25. The summed E-state index contributed by atoms with van der Waals surface area (Å²) in [5, 5.41) is 0. The molecule has 0 heterocycles. The van der Waals surface area contributed by atoms with E-state index in [-0.39, 0.29) is 5.52 Å². The third-order valence-electron chi connectivity index (χ3n) is 3.45. The van der Waals surface area contributed by atoms with Crippen LogP contribution in [-0.2, 0) is 11.0 Å². The summed E-state index contributed by atoms with van der Waals surface area (Å²) < 4.78 is 12.3. The van der Waals surface area contributed by atoms with Crippen LogP contribution in [0, 0.1) is 13.8 Å². The Morgan fingerprint density at radius 1 is 0.950 bits per heavy atom. The fourth-order valence-electron chi connectivity index (χ4n) is 2.33. The highest BCUT2D eigenvalue weighted by Gasteiger charge is 2.18. The minimum Gasteiger partial charge on any atom is -0.318 e. The number of benzene rings is 2. The summed E-state index contributed by atoms with van der Waals surface area (Å²) in [6, 6.07) is 15.6. The Kier molecular flexibility index (Phi) is 4.92. The summed E-state index contributed by atoms with van der Waals surface area (Å²) in [7, 11) is -2.25. The fraction of sp³-hybridized carbons (Fsp3) is 0.235. The van der Waals surface area contributed by atoms with E-state index in [9.17, 15) is 9.36 Å². The van der Waals surface area contributed by atoms with Gasteiger partial charge >= 0.3 is 0 Å². The fourth-order valence-corrected chi connectivity index (χ4v) is 3.74. The molecule has 0 saturated heterocycles. The third-order valence-corrected chi connectivity index (χ3v) is 4.91. The summed E-state index contributed by atoms with van der Waals surface area (Å²) >= 11 is 0.